The summed E-state index contributed by atoms with van der Waals surface area (Å²) in [5.41, 5.74) is 2.90. The van der Waals surface area contributed by atoms with E-state index in [1.54, 1.807) is 6.07 Å². The van der Waals surface area contributed by atoms with Gasteiger partial charge in [0.15, 0.2) is 0 Å². The number of alkyl halides is 1. The molecule has 0 spiro atoms. The van der Waals surface area contributed by atoms with Crippen LogP contribution in [-0.2, 0) is 0 Å². The van der Waals surface area contributed by atoms with Crippen LogP contribution in [0, 0.1) is 5.92 Å². The van der Waals surface area contributed by atoms with Gasteiger partial charge in [-0.05, 0) is 48.5 Å². The van der Waals surface area contributed by atoms with E-state index < -0.39 is 12.6 Å². The predicted octanol–water partition coefficient (Wildman–Crippen LogP) is 4.12. The molecule has 0 radical (unpaired) electrons. The first-order chi connectivity index (χ1) is 12.1. The van der Waals surface area contributed by atoms with E-state index in [-0.39, 0.29) is 13.2 Å². The van der Waals surface area contributed by atoms with Crippen LogP contribution in [0.5, 0.6) is 5.75 Å². The molecule has 0 aliphatic heterocycles. The molecule has 0 bridgehead atoms. The molecule has 4 nitrogen and oxygen atoms in total. The summed E-state index contributed by atoms with van der Waals surface area (Å²) in [5, 5.41) is 9.94. The van der Waals surface area contributed by atoms with E-state index in [4.69, 9.17) is 14.3 Å². The number of furan rings is 1. The third-order valence-corrected chi connectivity index (χ3v) is 4.12. The zero-order chi connectivity index (χ0) is 17.8. The van der Waals surface area contributed by atoms with Gasteiger partial charge in [0.05, 0.1) is 19.9 Å². The first kappa shape index (κ1) is 17.3. The topological polar surface area (TPSA) is 45.8 Å². The lowest BCUT2D eigenvalue weighted by Crippen LogP contribution is -2.17. The van der Waals surface area contributed by atoms with E-state index in [0.29, 0.717) is 5.75 Å². The van der Waals surface area contributed by atoms with Gasteiger partial charge in [-0.2, -0.15) is 0 Å². The fourth-order valence-electron chi connectivity index (χ4n) is 2.54. The van der Waals surface area contributed by atoms with Crippen LogP contribution in [0.4, 0.5) is 10.1 Å². The highest BCUT2D eigenvalue weighted by Gasteiger charge is 2.10. The summed E-state index contributed by atoms with van der Waals surface area (Å²) in [7, 11) is 4.00. The van der Waals surface area contributed by atoms with Crippen LogP contribution in [0.3, 0.4) is 0 Å². The maximum atomic E-state index is 12.6. The quantitative estimate of drug-likeness (QED) is 0.701. The summed E-state index contributed by atoms with van der Waals surface area (Å²) in [6, 6.07) is 15.6. The van der Waals surface area contributed by atoms with Gasteiger partial charge in [-0.15, -0.1) is 0 Å². The van der Waals surface area contributed by atoms with E-state index in [1.807, 2.05) is 61.5 Å². The molecule has 5 heteroatoms. The highest BCUT2D eigenvalue weighted by Crippen LogP contribution is 2.31. The van der Waals surface area contributed by atoms with Gasteiger partial charge < -0.3 is 19.2 Å². The summed E-state index contributed by atoms with van der Waals surface area (Å²) in [6.07, 6.45) is 0. The first-order valence-corrected chi connectivity index (χ1v) is 8.21. The predicted molar refractivity (Wildman–Crippen MR) is 98.0 cm³/mol. The third-order valence-electron chi connectivity index (χ3n) is 4.12. The van der Waals surface area contributed by atoms with Crippen molar-refractivity contribution in [2.75, 3.05) is 38.9 Å². The monoisotopic (exact) mass is 343 g/mol. The van der Waals surface area contributed by atoms with Gasteiger partial charge in [0.1, 0.15) is 17.1 Å². The van der Waals surface area contributed by atoms with Crippen molar-refractivity contribution in [2.24, 2.45) is 5.92 Å². The van der Waals surface area contributed by atoms with Crippen LogP contribution in [0.15, 0.2) is 52.9 Å². The highest BCUT2D eigenvalue weighted by atomic mass is 19.1. The molecule has 2 aromatic carbocycles. The second-order valence-electron chi connectivity index (χ2n) is 6.27. The average Bonchev–Trinajstić information content (AvgIpc) is 3.06. The second-order valence-corrected chi connectivity index (χ2v) is 6.27. The number of benzene rings is 2. The second kappa shape index (κ2) is 7.57. The van der Waals surface area contributed by atoms with E-state index in [2.05, 4.69) is 0 Å². The molecule has 3 rings (SSSR count). The van der Waals surface area contributed by atoms with E-state index in [0.717, 1.165) is 28.0 Å². The summed E-state index contributed by atoms with van der Waals surface area (Å²) in [4.78, 5) is 2.04. The maximum Gasteiger partial charge on any atom is 0.135 e. The lowest BCUT2D eigenvalue weighted by atomic mass is 10.1. The van der Waals surface area contributed by atoms with Crippen molar-refractivity contribution in [1.29, 1.82) is 0 Å². The van der Waals surface area contributed by atoms with Crippen molar-refractivity contribution in [3.05, 3.63) is 48.5 Å². The molecule has 1 N–H and O–H groups in total. The van der Waals surface area contributed by atoms with Crippen molar-refractivity contribution in [2.45, 2.75) is 0 Å². The van der Waals surface area contributed by atoms with Gasteiger partial charge >= 0.3 is 0 Å². The minimum absolute atomic E-state index is 0.148. The van der Waals surface area contributed by atoms with Crippen molar-refractivity contribution in [3.8, 4) is 17.1 Å². The summed E-state index contributed by atoms with van der Waals surface area (Å²) in [5.74, 6) is 0.926. The normalized spacial score (nSPS) is 12.3. The summed E-state index contributed by atoms with van der Waals surface area (Å²) >= 11 is 0. The number of anilines is 1. The molecule has 0 saturated heterocycles. The molecule has 0 aliphatic carbocycles. The Hall–Kier alpha value is -2.53. The Balaban J connectivity index is 1.80. The van der Waals surface area contributed by atoms with Gasteiger partial charge in [0.25, 0.3) is 0 Å². The molecule has 0 aliphatic rings. The lowest BCUT2D eigenvalue weighted by molar-refractivity contribution is 0.140. The highest BCUT2D eigenvalue weighted by molar-refractivity contribution is 5.84. The maximum absolute atomic E-state index is 12.6. The number of aliphatic hydroxyl groups is 1. The van der Waals surface area contributed by atoms with Crippen LogP contribution < -0.4 is 9.64 Å². The minimum atomic E-state index is -0.600. The molecular formula is C20H22FNO3. The van der Waals surface area contributed by atoms with Crippen LogP contribution in [-0.4, -0.2) is 39.1 Å². The number of hydrogen-bond donors (Lipinski definition) is 1. The van der Waals surface area contributed by atoms with Crippen LogP contribution in [0.1, 0.15) is 0 Å². The van der Waals surface area contributed by atoms with Crippen LogP contribution >= 0.6 is 0 Å². The van der Waals surface area contributed by atoms with Crippen molar-refractivity contribution < 1.29 is 18.7 Å². The standard InChI is InChI=1S/C20H22FNO3/c1-22(2)17-5-3-15(4-6-17)20-10-16-9-18(7-8-19(16)25-20)24-13-14(11-21)12-23/h3-10,14,23H,11-13H2,1-2H3. The molecule has 0 amide bonds. The molecule has 132 valence electrons. The number of ether oxygens (including phenoxy) is 1. The number of hydrogen-bond acceptors (Lipinski definition) is 4. The van der Waals surface area contributed by atoms with Gasteiger partial charge in [-0.1, -0.05) is 0 Å². The Kier molecular flexibility index (Phi) is 5.24. The van der Waals surface area contributed by atoms with Crippen molar-refractivity contribution in [3.63, 3.8) is 0 Å². The Bertz CT molecular complexity index is 823. The van der Waals surface area contributed by atoms with Gasteiger partial charge in [-0.3, -0.25) is 4.39 Å². The molecular weight excluding hydrogens is 321 g/mol. The van der Waals surface area contributed by atoms with Crippen LogP contribution in [0.2, 0.25) is 0 Å². The van der Waals surface area contributed by atoms with E-state index in [1.165, 1.54) is 0 Å². The molecule has 1 atom stereocenters. The zero-order valence-electron chi connectivity index (χ0n) is 14.4. The number of halogens is 1. The number of fused-ring (bicyclic) bond motifs is 1. The number of rotatable bonds is 7. The Morgan fingerprint density at radius 3 is 2.52 bits per heavy atom. The first-order valence-electron chi connectivity index (χ1n) is 8.21. The average molecular weight is 343 g/mol. The third kappa shape index (κ3) is 3.94. The molecule has 0 fully saturated rings. The zero-order valence-corrected chi connectivity index (χ0v) is 14.4. The molecule has 1 heterocycles. The molecule has 25 heavy (non-hydrogen) atoms. The van der Waals surface area contributed by atoms with Gasteiger partial charge in [-0.25, -0.2) is 0 Å². The molecule has 0 saturated carbocycles. The van der Waals surface area contributed by atoms with Crippen molar-refractivity contribution >= 4 is 16.7 Å². The van der Waals surface area contributed by atoms with E-state index >= 15 is 0 Å². The number of aliphatic hydroxyl groups excluding tert-OH is 1. The van der Waals surface area contributed by atoms with Crippen molar-refractivity contribution in [1.82, 2.24) is 0 Å². The summed E-state index contributed by atoms with van der Waals surface area (Å²) < 4.78 is 24.1. The van der Waals surface area contributed by atoms with Crippen LogP contribution in [0.25, 0.3) is 22.3 Å². The SMILES string of the molecule is CN(C)c1ccc(-c2cc3cc(OCC(CO)CF)ccc3o2)cc1. The smallest absolute Gasteiger partial charge is 0.135 e. The number of nitrogens with zero attached hydrogens (tertiary/aromatic N) is 1. The Morgan fingerprint density at radius 1 is 1.12 bits per heavy atom. The minimum Gasteiger partial charge on any atom is -0.493 e. The van der Waals surface area contributed by atoms with E-state index in [9.17, 15) is 4.39 Å². The molecule has 1 unspecified atom stereocenters. The molecule has 3 aromatic rings. The fourth-order valence-corrected chi connectivity index (χ4v) is 2.54. The van der Waals surface area contributed by atoms with Gasteiger partial charge in [0.2, 0.25) is 0 Å². The molecule has 1 aromatic heterocycles. The fraction of sp³-hybridized carbons (Fsp3) is 0.300. The van der Waals surface area contributed by atoms with Gasteiger partial charge in [0, 0.05) is 36.7 Å². The largest absolute Gasteiger partial charge is 0.493 e. The summed E-state index contributed by atoms with van der Waals surface area (Å²) in [6.45, 7) is -0.676. The lowest BCUT2D eigenvalue weighted by Gasteiger charge is -2.11. The Morgan fingerprint density at radius 2 is 1.88 bits per heavy atom. The Labute approximate surface area is 146 Å².